The molecule has 0 atom stereocenters. The van der Waals surface area contributed by atoms with Crippen LogP contribution in [0.3, 0.4) is 0 Å². The van der Waals surface area contributed by atoms with E-state index in [1.807, 2.05) is 0 Å². The number of nitro groups is 1. The van der Waals surface area contributed by atoms with Gasteiger partial charge in [0, 0.05) is 32.2 Å². The molecule has 0 saturated carbocycles. The van der Waals surface area contributed by atoms with Crippen LogP contribution in [0.1, 0.15) is 0 Å². The van der Waals surface area contributed by atoms with Crippen molar-refractivity contribution >= 4 is 47.3 Å². The normalized spacial score (nSPS) is 12.0. The lowest BCUT2D eigenvalue weighted by Crippen LogP contribution is -2.22. The number of nitrogens with zero attached hydrogens (tertiary/aromatic N) is 3. The summed E-state index contributed by atoms with van der Waals surface area (Å²) in [5, 5.41) is 16.0. The van der Waals surface area contributed by atoms with E-state index in [-0.39, 0.29) is 5.69 Å². The zero-order valence-electron chi connectivity index (χ0n) is 12.3. The molecule has 0 aliphatic rings. The van der Waals surface area contributed by atoms with Crippen LogP contribution in [0.15, 0.2) is 18.2 Å². The summed E-state index contributed by atoms with van der Waals surface area (Å²) in [7, 11) is -1.09. The SMILES string of the molecule is C[Si](C)(C)CCOCn1nc2ccc([N+](=O)[O-])cc2c1I. The van der Waals surface area contributed by atoms with Gasteiger partial charge in [-0.2, -0.15) is 5.10 Å². The first-order chi connectivity index (χ1) is 9.78. The standard InChI is InChI=1S/C13H18IN3O3Si/c1-21(2,3)7-6-20-9-16-13(14)11-8-10(17(18)19)4-5-12(11)15-16/h4-5,8H,6-7,9H2,1-3H3. The Balaban J connectivity index is 2.11. The molecule has 6 nitrogen and oxygen atoms in total. The summed E-state index contributed by atoms with van der Waals surface area (Å²) in [6.07, 6.45) is 0. The lowest BCUT2D eigenvalue weighted by Gasteiger charge is -2.15. The Hall–Kier alpha value is -1.00. The predicted octanol–water partition coefficient (Wildman–Crippen LogP) is 3.86. The molecule has 1 aromatic carbocycles. The first-order valence-electron chi connectivity index (χ1n) is 6.66. The number of hydrogen-bond donors (Lipinski definition) is 0. The molecule has 0 fully saturated rings. The molecule has 0 unspecified atom stereocenters. The van der Waals surface area contributed by atoms with E-state index in [2.05, 4.69) is 47.3 Å². The van der Waals surface area contributed by atoms with Crippen molar-refractivity contribution in [1.82, 2.24) is 9.78 Å². The largest absolute Gasteiger partial charge is 0.359 e. The van der Waals surface area contributed by atoms with Gasteiger partial charge in [0.05, 0.1) is 10.4 Å². The summed E-state index contributed by atoms with van der Waals surface area (Å²) in [6.45, 7) is 8.03. The molecule has 0 saturated heterocycles. The summed E-state index contributed by atoms with van der Waals surface area (Å²) < 4.78 is 8.29. The third-order valence-electron chi connectivity index (χ3n) is 3.08. The zero-order chi connectivity index (χ0) is 15.6. The molecule has 21 heavy (non-hydrogen) atoms. The highest BCUT2D eigenvalue weighted by Crippen LogP contribution is 2.25. The average molecular weight is 419 g/mol. The highest BCUT2D eigenvalue weighted by molar-refractivity contribution is 14.1. The monoisotopic (exact) mass is 419 g/mol. The van der Waals surface area contributed by atoms with E-state index >= 15 is 0 Å². The van der Waals surface area contributed by atoms with Gasteiger partial charge < -0.3 is 4.74 Å². The van der Waals surface area contributed by atoms with Crippen molar-refractivity contribution in [3.8, 4) is 0 Å². The van der Waals surface area contributed by atoms with Crippen LogP contribution in [-0.2, 0) is 11.5 Å². The Morgan fingerprint density at radius 1 is 1.43 bits per heavy atom. The third kappa shape index (κ3) is 4.24. The maximum absolute atomic E-state index is 10.8. The second-order valence-electron chi connectivity index (χ2n) is 6.10. The molecule has 0 aliphatic carbocycles. The van der Waals surface area contributed by atoms with E-state index in [1.54, 1.807) is 16.8 Å². The lowest BCUT2D eigenvalue weighted by molar-refractivity contribution is -0.384. The van der Waals surface area contributed by atoms with Crippen LogP contribution in [0.4, 0.5) is 5.69 Å². The Morgan fingerprint density at radius 3 is 2.76 bits per heavy atom. The quantitative estimate of drug-likeness (QED) is 0.234. The molecule has 114 valence electrons. The van der Waals surface area contributed by atoms with Crippen molar-refractivity contribution in [3.05, 3.63) is 32.0 Å². The number of fused-ring (bicyclic) bond motifs is 1. The Kier molecular flexibility index (Phi) is 4.99. The highest BCUT2D eigenvalue weighted by Gasteiger charge is 2.15. The van der Waals surface area contributed by atoms with E-state index < -0.39 is 13.0 Å². The molecular formula is C13H18IN3O3Si. The van der Waals surface area contributed by atoms with Crippen LogP contribution in [-0.4, -0.2) is 29.4 Å². The number of rotatable bonds is 6. The van der Waals surface area contributed by atoms with Crippen LogP contribution in [0.25, 0.3) is 10.9 Å². The smallest absolute Gasteiger partial charge is 0.270 e. The van der Waals surface area contributed by atoms with E-state index in [4.69, 9.17) is 4.74 Å². The maximum Gasteiger partial charge on any atom is 0.270 e. The predicted molar refractivity (Wildman–Crippen MR) is 93.2 cm³/mol. The van der Waals surface area contributed by atoms with Crippen molar-refractivity contribution in [2.45, 2.75) is 32.4 Å². The van der Waals surface area contributed by atoms with E-state index in [0.29, 0.717) is 6.73 Å². The number of halogens is 1. The van der Waals surface area contributed by atoms with E-state index in [0.717, 1.165) is 27.3 Å². The van der Waals surface area contributed by atoms with Crippen molar-refractivity contribution in [2.75, 3.05) is 6.61 Å². The maximum atomic E-state index is 10.8. The number of ether oxygens (including phenoxy) is 1. The van der Waals surface area contributed by atoms with Crippen molar-refractivity contribution in [1.29, 1.82) is 0 Å². The van der Waals surface area contributed by atoms with Gasteiger partial charge in [0.1, 0.15) is 10.4 Å². The first-order valence-corrected chi connectivity index (χ1v) is 11.4. The van der Waals surface area contributed by atoms with Crippen LogP contribution in [0.2, 0.25) is 25.7 Å². The van der Waals surface area contributed by atoms with Crippen LogP contribution in [0, 0.1) is 13.8 Å². The number of non-ortho nitro benzene ring substituents is 1. The lowest BCUT2D eigenvalue weighted by atomic mass is 10.2. The topological polar surface area (TPSA) is 70.2 Å². The van der Waals surface area contributed by atoms with Gasteiger partial charge in [-0.1, -0.05) is 19.6 Å². The number of aromatic nitrogens is 2. The molecule has 0 aliphatic heterocycles. The fourth-order valence-corrected chi connectivity index (χ4v) is 3.25. The Labute approximate surface area is 137 Å². The average Bonchev–Trinajstić information content (AvgIpc) is 2.70. The van der Waals surface area contributed by atoms with Crippen molar-refractivity contribution < 1.29 is 9.66 Å². The summed E-state index contributed by atoms with van der Waals surface area (Å²) in [5.74, 6) is 0. The summed E-state index contributed by atoms with van der Waals surface area (Å²) in [5.41, 5.74) is 0.832. The van der Waals surface area contributed by atoms with Gasteiger partial charge in [-0.3, -0.25) is 10.1 Å². The van der Waals surface area contributed by atoms with Gasteiger partial charge >= 0.3 is 0 Å². The fourth-order valence-electron chi connectivity index (χ4n) is 1.82. The van der Waals surface area contributed by atoms with E-state index in [9.17, 15) is 10.1 Å². The Bertz CT molecular complexity index is 666. The number of benzene rings is 1. The van der Waals surface area contributed by atoms with Gasteiger partial charge in [0.15, 0.2) is 0 Å². The van der Waals surface area contributed by atoms with Crippen LogP contribution in [0.5, 0.6) is 0 Å². The summed E-state index contributed by atoms with van der Waals surface area (Å²) in [4.78, 5) is 10.4. The highest BCUT2D eigenvalue weighted by atomic mass is 127. The molecule has 0 amide bonds. The van der Waals surface area contributed by atoms with Gasteiger partial charge in [-0.05, 0) is 34.7 Å². The van der Waals surface area contributed by atoms with Gasteiger partial charge in [-0.25, -0.2) is 4.68 Å². The molecular weight excluding hydrogens is 401 g/mol. The molecule has 1 heterocycles. The number of nitro benzene ring substituents is 1. The molecule has 0 spiro atoms. The molecule has 2 rings (SSSR count). The molecule has 1 aromatic heterocycles. The van der Waals surface area contributed by atoms with Gasteiger partial charge in [0.25, 0.3) is 5.69 Å². The molecule has 0 bridgehead atoms. The molecule has 0 N–H and O–H groups in total. The second-order valence-corrected chi connectivity index (χ2v) is 12.7. The summed E-state index contributed by atoms with van der Waals surface area (Å²) >= 11 is 2.15. The number of hydrogen-bond acceptors (Lipinski definition) is 4. The minimum atomic E-state index is -1.09. The second kappa shape index (κ2) is 6.40. The minimum Gasteiger partial charge on any atom is -0.359 e. The van der Waals surface area contributed by atoms with Crippen LogP contribution < -0.4 is 0 Å². The van der Waals surface area contributed by atoms with Gasteiger partial charge in [0.2, 0.25) is 0 Å². The van der Waals surface area contributed by atoms with Crippen molar-refractivity contribution in [2.24, 2.45) is 0 Å². The molecule has 8 heteroatoms. The first kappa shape index (κ1) is 16.4. The fraction of sp³-hybridized carbons (Fsp3) is 0.462. The van der Waals surface area contributed by atoms with Crippen LogP contribution >= 0.6 is 22.6 Å². The minimum absolute atomic E-state index is 0.0830. The van der Waals surface area contributed by atoms with E-state index in [1.165, 1.54) is 6.07 Å². The summed E-state index contributed by atoms with van der Waals surface area (Å²) in [6, 6.07) is 5.81. The third-order valence-corrected chi connectivity index (χ3v) is 5.92. The molecule has 0 radical (unpaired) electrons. The zero-order valence-corrected chi connectivity index (χ0v) is 15.5. The molecule has 2 aromatic rings. The van der Waals surface area contributed by atoms with Gasteiger partial charge in [-0.15, -0.1) is 0 Å². The van der Waals surface area contributed by atoms with Crippen molar-refractivity contribution in [3.63, 3.8) is 0 Å². The Morgan fingerprint density at radius 2 is 2.14 bits per heavy atom.